The molecule has 1 atom stereocenters. The van der Waals surface area contributed by atoms with Crippen LogP contribution in [0.4, 0.5) is 0 Å². The second-order valence-electron chi connectivity index (χ2n) is 6.29. The van der Waals surface area contributed by atoms with Crippen molar-refractivity contribution < 1.29 is 15.0 Å². The standard InChI is InChI=1S/C17H21NO3/c1-16(21,17(12-18)9-10-17)8-7-14(11-15(19)20)13-5-3-2-4-6-13/h11,13,21H,2-6,9-10H2,1H3,(H,19,20)/b14-11+/t16-/m1/s1. The topological polar surface area (TPSA) is 81.3 Å². The van der Waals surface area contributed by atoms with Gasteiger partial charge in [0.25, 0.3) is 0 Å². The summed E-state index contributed by atoms with van der Waals surface area (Å²) in [5.74, 6) is 4.79. The number of aliphatic hydroxyl groups is 1. The van der Waals surface area contributed by atoms with Crippen molar-refractivity contribution in [3.05, 3.63) is 11.6 Å². The first-order valence-corrected chi connectivity index (χ1v) is 7.51. The predicted octanol–water partition coefficient (Wildman–Crippen LogP) is 2.64. The number of nitrogens with zero attached hydrogens (tertiary/aromatic N) is 1. The number of hydrogen-bond acceptors (Lipinski definition) is 3. The van der Waals surface area contributed by atoms with E-state index < -0.39 is 17.0 Å². The van der Waals surface area contributed by atoms with Crippen molar-refractivity contribution in [3.8, 4) is 17.9 Å². The van der Waals surface area contributed by atoms with Gasteiger partial charge in [0, 0.05) is 11.6 Å². The molecule has 0 bridgehead atoms. The van der Waals surface area contributed by atoms with E-state index in [1.54, 1.807) is 6.92 Å². The van der Waals surface area contributed by atoms with Gasteiger partial charge in [-0.25, -0.2) is 4.79 Å². The largest absolute Gasteiger partial charge is 0.478 e. The zero-order chi connectivity index (χ0) is 15.5. The molecule has 0 aromatic rings. The van der Waals surface area contributed by atoms with Crippen LogP contribution in [0.3, 0.4) is 0 Å². The minimum absolute atomic E-state index is 0.162. The molecular weight excluding hydrogens is 266 g/mol. The lowest BCUT2D eigenvalue weighted by Crippen LogP contribution is -2.33. The Morgan fingerprint density at radius 2 is 1.95 bits per heavy atom. The third kappa shape index (κ3) is 3.46. The molecule has 0 aromatic heterocycles. The first-order valence-electron chi connectivity index (χ1n) is 7.51. The van der Waals surface area contributed by atoms with Gasteiger partial charge in [-0.2, -0.15) is 5.26 Å². The summed E-state index contributed by atoms with van der Waals surface area (Å²) >= 11 is 0. The van der Waals surface area contributed by atoms with Crippen molar-refractivity contribution in [2.75, 3.05) is 0 Å². The van der Waals surface area contributed by atoms with E-state index in [1.807, 2.05) is 0 Å². The van der Waals surface area contributed by atoms with Gasteiger partial charge in [-0.1, -0.05) is 31.1 Å². The second-order valence-corrected chi connectivity index (χ2v) is 6.29. The van der Waals surface area contributed by atoms with Gasteiger partial charge in [-0.05, 0) is 38.5 Å². The van der Waals surface area contributed by atoms with Crippen LogP contribution in [0.15, 0.2) is 11.6 Å². The summed E-state index contributed by atoms with van der Waals surface area (Å²) in [7, 11) is 0. The molecule has 0 spiro atoms. The Labute approximate surface area is 125 Å². The van der Waals surface area contributed by atoms with Crippen LogP contribution in [-0.2, 0) is 4.79 Å². The highest BCUT2D eigenvalue weighted by Crippen LogP contribution is 2.53. The molecule has 2 aliphatic carbocycles. The number of carboxylic acid groups (broad SMARTS) is 1. The minimum atomic E-state index is -1.38. The molecule has 0 aromatic carbocycles. The molecule has 4 nitrogen and oxygen atoms in total. The number of rotatable bonds is 3. The lowest BCUT2D eigenvalue weighted by molar-refractivity contribution is -0.131. The Hall–Kier alpha value is -1.78. The van der Waals surface area contributed by atoms with Crippen molar-refractivity contribution in [3.63, 3.8) is 0 Å². The van der Waals surface area contributed by atoms with Crippen LogP contribution in [-0.4, -0.2) is 21.8 Å². The highest BCUT2D eigenvalue weighted by atomic mass is 16.4. The van der Waals surface area contributed by atoms with E-state index in [4.69, 9.17) is 10.4 Å². The Morgan fingerprint density at radius 1 is 1.33 bits per heavy atom. The minimum Gasteiger partial charge on any atom is -0.478 e. The van der Waals surface area contributed by atoms with Gasteiger partial charge in [0.05, 0.1) is 11.5 Å². The monoisotopic (exact) mass is 287 g/mol. The van der Waals surface area contributed by atoms with Gasteiger partial charge in [0.2, 0.25) is 0 Å². The number of carboxylic acids is 1. The van der Waals surface area contributed by atoms with Crippen LogP contribution in [0.2, 0.25) is 0 Å². The summed E-state index contributed by atoms with van der Waals surface area (Å²) in [6.07, 6.45) is 7.69. The Bertz CT molecular complexity index is 547. The second kappa shape index (κ2) is 5.92. The van der Waals surface area contributed by atoms with Crippen LogP contribution in [0.5, 0.6) is 0 Å². The fourth-order valence-electron chi connectivity index (χ4n) is 2.95. The average molecular weight is 287 g/mol. The van der Waals surface area contributed by atoms with E-state index in [2.05, 4.69) is 17.9 Å². The van der Waals surface area contributed by atoms with E-state index in [1.165, 1.54) is 6.42 Å². The van der Waals surface area contributed by atoms with Gasteiger partial charge in [-0.15, -0.1) is 0 Å². The fraction of sp³-hybridized carbons (Fsp3) is 0.647. The van der Waals surface area contributed by atoms with E-state index >= 15 is 0 Å². The summed E-state index contributed by atoms with van der Waals surface area (Å²) in [6, 6.07) is 2.15. The van der Waals surface area contributed by atoms with E-state index in [9.17, 15) is 9.90 Å². The molecule has 2 rings (SSSR count). The van der Waals surface area contributed by atoms with Gasteiger partial charge in [0.1, 0.15) is 5.60 Å². The molecule has 112 valence electrons. The summed E-state index contributed by atoms with van der Waals surface area (Å²) in [5, 5.41) is 28.6. The molecule has 2 fully saturated rings. The van der Waals surface area contributed by atoms with Crippen LogP contribution < -0.4 is 0 Å². The third-order valence-corrected chi connectivity index (χ3v) is 4.67. The molecule has 21 heavy (non-hydrogen) atoms. The van der Waals surface area contributed by atoms with Gasteiger partial charge in [0.15, 0.2) is 0 Å². The van der Waals surface area contributed by atoms with E-state index in [-0.39, 0.29) is 5.92 Å². The van der Waals surface area contributed by atoms with Gasteiger partial charge in [-0.3, -0.25) is 0 Å². The maximum absolute atomic E-state index is 11.0. The molecule has 0 aliphatic heterocycles. The quantitative estimate of drug-likeness (QED) is 0.617. The molecule has 2 saturated carbocycles. The first kappa shape index (κ1) is 15.6. The molecular formula is C17H21NO3. The van der Waals surface area contributed by atoms with Crippen molar-refractivity contribution in [1.82, 2.24) is 0 Å². The zero-order valence-corrected chi connectivity index (χ0v) is 12.4. The molecule has 2 N–H and O–H groups in total. The maximum Gasteiger partial charge on any atom is 0.329 e. The van der Waals surface area contributed by atoms with Crippen LogP contribution in [0, 0.1) is 34.5 Å². The van der Waals surface area contributed by atoms with Crippen LogP contribution in [0.1, 0.15) is 51.9 Å². The van der Waals surface area contributed by atoms with Crippen molar-refractivity contribution >= 4 is 5.97 Å². The molecule has 0 saturated heterocycles. The summed E-state index contributed by atoms with van der Waals surface area (Å²) in [4.78, 5) is 11.0. The molecule has 0 heterocycles. The summed E-state index contributed by atoms with van der Waals surface area (Å²) in [6.45, 7) is 1.55. The average Bonchev–Trinajstić information content (AvgIpc) is 3.25. The van der Waals surface area contributed by atoms with E-state index in [0.29, 0.717) is 18.4 Å². The summed E-state index contributed by atoms with van der Waals surface area (Å²) < 4.78 is 0. The van der Waals surface area contributed by atoms with Crippen molar-refractivity contribution in [2.24, 2.45) is 11.3 Å². The molecule has 0 amide bonds. The summed E-state index contributed by atoms with van der Waals surface area (Å²) in [5.41, 5.74) is -1.58. The Morgan fingerprint density at radius 3 is 2.43 bits per heavy atom. The smallest absolute Gasteiger partial charge is 0.329 e. The van der Waals surface area contributed by atoms with Crippen molar-refractivity contribution in [2.45, 2.75) is 57.5 Å². The molecule has 2 aliphatic rings. The van der Waals surface area contributed by atoms with E-state index in [0.717, 1.165) is 31.8 Å². The Balaban J connectivity index is 2.22. The highest BCUT2D eigenvalue weighted by molar-refractivity contribution is 5.82. The maximum atomic E-state index is 11.0. The number of carbonyl (C=O) groups is 1. The SMILES string of the molecule is C[C@@](O)(C#C/C(=C\C(=O)O)C1CCCCC1)C1(C#N)CC1. The number of nitriles is 1. The van der Waals surface area contributed by atoms with Gasteiger partial charge >= 0.3 is 5.97 Å². The molecule has 4 heteroatoms. The first-order chi connectivity index (χ1) is 9.90. The molecule has 0 unspecified atom stereocenters. The van der Waals surface area contributed by atoms with Crippen LogP contribution in [0.25, 0.3) is 0 Å². The zero-order valence-electron chi connectivity index (χ0n) is 12.4. The third-order valence-electron chi connectivity index (χ3n) is 4.67. The lowest BCUT2D eigenvalue weighted by atomic mass is 9.82. The highest BCUT2D eigenvalue weighted by Gasteiger charge is 2.56. The Kier molecular flexibility index (Phi) is 4.40. The molecule has 0 radical (unpaired) electrons. The predicted molar refractivity (Wildman–Crippen MR) is 78.0 cm³/mol. The number of hydrogen-bond donors (Lipinski definition) is 2. The normalized spacial score (nSPS) is 24.1. The fourth-order valence-corrected chi connectivity index (χ4v) is 2.95. The number of allylic oxidation sites excluding steroid dienone is 1. The van der Waals surface area contributed by atoms with Crippen LogP contribution >= 0.6 is 0 Å². The number of aliphatic carboxylic acids is 1. The lowest BCUT2D eigenvalue weighted by Gasteiger charge is -2.23. The van der Waals surface area contributed by atoms with Gasteiger partial charge < -0.3 is 10.2 Å². The van der Waals surface area contributed by atoms with Crippen molar-refractivity contribution in [1.29, 1.82) is 5.26 Å².